The van der Waals surface area contributed by atoms with E-state index in [4.69, 9.17) is 5.73 Å². The lowest BCUT2D eigenvalue weighted by atomic mass is 9.98. The topological polar surface area (TPSA) is 29.3 Å². The summed E-state index contributed by atoms with van der Waals surface area (Å²) in [6.45, 7) is 1.12. The largest absolute Gasteiger partial charge is 0.324 e. The van der Waals surface area contributed by atoms with E-state index in [1.54, 1.807) is 0 Å². The van der Waals surface area contributed by atoms with Gasteiger partial charge in [0.1, 0.15) is 0 Å². The van der Waals surface area contributed by atoms with Gasteiger partial charge in [-0.2, -0.15) is 0 Å². The maximum absolute atomic E-state index is 6.39. The van der Waals surface area contributed by atoms with Gasteiger partial charge in [0.15, 0.2) is 0 Å². The van der Waals surface area contributed by atoms with E-state index in [1.807, 2.05) is 0 Å². The molecule has 0 unspecified atom stereocenters. The van der Waals surface area contributed by atoms with E-state index in [2.05, 4.69) is 11.9 Å². The van der Waals surface area contributed by atoms with Crippen molar-refractivity contribution in [3.05, 3.63) is 0 Å². The Morgan fingerprint density at radius 3 is 2.29 bits per heavy atom. The summed E-state index contributed by atoms with van der Waals surface area (Å²) in [5.74, 6) is 0. The van der Waals surface area contributed by atoms with Crippen molar-refractivity contribution < 1.29 is 0 Å². The summed E-state index contributed by atoms with van der Waals surface area (Å²) in [7, 11) is 2.27. The molecule has 0 amide bonds. The van der Waals surface area contributed by atoms with Gasteiger partial charge in [-0.25, -0.2) is 0 Å². The predicted octanol–water partition coefficient (Wildman–Crippen LogP) is 2.13. The average Bonchev–Trinajstić information content (AvgIpc) is 2.74. The van der Waals surface area contributed by atoms with Crippen molar-refractivity contribution in [2.75, 3.05) is 13.6 Å². The van der Waals surface area contributed by atoms with E-state index in [9.17, 15) is 0 Å². The van der Waals surface area contributed by atoms with E-state index in [0.29, 0.717) is 0 Å². The SMILES string of the molecule is CN(CC1(N)CCCC1)C1CCCC1. The van der Waals surface area contributed by atoms with Gasteiger partial charge in [0.2, 0.25) is 0 Å². The van der Waals surface area contributed by atoms with Gasteiger partial charge < -0.3 is 10.6 Å². The van der Waals surface area contributed by atoms with Crippen LogP contribution in [0.3, 0.4) is 0 Å². The van der Waals surface area contributed by atoms with Gasteiger partial charge in [-0.05, 0) is 32.7 Å². The third kappa shape index (κ3) is 2.29. The first-order valence-corrected chi connectivity index (χ1v) is 6.19. The maximum Gasteiger partial charge on any atom is 0.0283 e. The van der Waals surface area contributed by atoms with Crippen molar-refractivity contribution in [1.82, 2.24) is 4.90 Å². The van der Waals surface area contributed by atoms with Crippen LogP contribution in [-0.4, -0.2) is 30.1 Å². The highest BCUT2D eigenvalue weighted by molar-refractivity contribution is 4.93. The highest BCUT2D eigenvalue weighted by atomic mass is 15.2. The van der Waals surface area contributed by atoms with Crippen molar-refractivity contribution >= 4 is 0 Å². The zero-order valence-electron chi connectivity index (χ0n) is 9.47. The zero-order valence-corrected chi connectivity index (χ0v) is 9.47. The summed E-state index contributed by atoms with van der Waals surface area (Å²) >= 11 is 0. The molecule has 2 nitrogen and oxygen atoms in total. The van der Waals surface area contributed by atoms with Crippen molar-refractivity contribution in [1.29, 1.82) is 0 Å². The summed E-state index contributed by atoms with van der Waals surface area (Å²) in [6, 6.07) is 0.830. The Hall–Kier alpha value is -0.0800. The van der Waals surface area contributed by atoms with Crippen LogP contribution in [0.25, 0.3) is 0 Å². The van der Waals surface area contributed by atoms with Gasteiger partial charge >= 0.3 is 0 Å². The predicted molar refractivity (Wildman–Crippen MR) is 60.3 cm³/mol. The molecular weight excluding hydrogens is 172 g/mol. The molecule has 82 valence electrons. The molecule has 0 aromatic heterocycles. The molecule has 2 heteroatoms. The molecule has 0 saturated heterocycles. The standard InChI is InChI=1S/C12H24N2/c1-14(11-6-2-3-7-11)10-12(13)8-4-5-9-12/h11H,2-10,13H2,1H3. The number of likely N-dealkylation sites (N-methyl/N-ethyl adjacent to an activating group) is 1. The minimum Gasteiger partial charge on any atom is -0.324 e. The molecule has 2 N–H and O–H groups in total. The highest BCUT2D eigenvalue weighted by Gasteiger charge is 2.32. The summed E-state index contributed by atoms with van der Waals surface area (Å²) in [6.07, 6.45) is 10.8. The second-order valence-electron chi connectivity index (χ2n) is 5.42. The van der Waals surface area contributed by atoms with Crippen LogP contribution in [0.1, 0.15) is 51.4 Å². The lowest BCUT2D eigenvalue weighted by Crippen LogP contribution is -2.49. The van der Waals surface area contributed by atoms with Crippen LogP contribution in [0.4, 0.5) is 0 Å². The third-order valence-corrected chi connectivity index (χ3v) is 4.11. The number of rotatable bonds is 3. The zero-order chi connectivity index (χ0) is 10.0. The molecule has 2 fully saturated rings. The van der Waals surface area contributed by atoms with Crippen molar-refractivity contribution in [2.45, 2.75) is 62.9 Å². The van der Waals surface area contributed by atoms with Crippen LogP contribution < -0.4 is 5.73 Å². The Bertz CT molecular complexity index is 179. The van der Waals surface area contributed by atoms with Gasteiger partial charge in [-0.3, -0.25) is 0 Å². The van der Waals surface area contributed by atoms with E-state index in [1.165, 1.54) is 51.4 Å². The van der Waals surface area contributed by atoms with Crippen LogP contribution in [-0.2, 0) is 0 Å². The van der Waals surface area contributed by atoms with Crippen LogP contribution >= 0.6 is 0 Å². The Labute approximate surface area is 87.8 Å². The van der Waals surface area contributed by atoms with Gasteiger partial charge in [0.25, 0.3) is 0 Å². The fourth-order valence-corrected chi connectivity index (χ4v) is 3.21. The number of hydrogen-bond donors (Lipinski definition) is 1. The minimum absolute atomic E-state index is 0.150. The molecule has 0 radical (unpaired) electrons. The summed E-state index contributed by atoms with van der Waals surface area (Å²) in [5.41, 5.74) is 6.54. The summed E-state index contributed by atoms with van der Waals surface area (Å²) in [4.78, 5) is 2.53. The van der Waals surface area contributed by atoms with Crippen molar-refractivity contribution in [3.63, 3.8) is 0 Å². The Morgan fingerprint density at radius 2 is 1.71 bits per heavy atom. The van der Waals surface area contributed by atoms with Crippen molar-refractivity contribution in [3.8, 4) is 0 Å². The fraction of sp³-hybridized carbons (Fsp3) is 1.00. The molecule has 2 saturated carbocycles. The first-order valence-electron chi connectivity index (χ1n) is 6.19. The lowest BCUT2D eigenvalue weighted by molar-refractivity contribution is 0.190. The van der Waals surface area contributed by atoms with Gasteiger partial charge in [0.05, 0.1) is 0 Å². The lowest BCUT2D eigenvalue weighted by Gasteiger charge is -2.33. The minimum atomic E-state index is 0.150. The fourth-order valence-electron chi connectivity index (χ4n) is 3.21. The molecule has 0 aromatic carbocycles. The Kier molecular flexibility index (Phi) is 3.13. The molecule has 0 aliphatic heterocycles. The van der Waals surface area contributed by atoms with Gasteiger partial charge in [-0.1, -0.05) is 25.7 Å². The van der Waals surface area contributed by atoms with Crippen LogP contribution in [0.2, 0.25) is 0 Å². The number of nitrogens with two attached hydrogens (primary N) is 1. The number of nitrogens with zero attached hydrogens (tertiary/aromatic N) is 1. The third-order valence-electron chi connectivity index (χ3n) is 4.11. The smallest absolute Gasteiger partial charge is 0.0283 e. The Balaban J connectivity index is 1.83. The van der Waals surface area contributed by atoms with Crippen molar-refractivity contribution in [2.24, 2.45) is 5.73 Å². The molecule has 0 bridgehead atoms. The van der Waals surface area contributed by atoms with Gasteiger partial charge in [0, 0.05) is 18.1 Å². The first-order chi connectivity index (χ1) is 6.70. The molecule has 14 heavy (non-hydrogen) atoms. The molecule has 0 heterocycles. The molecule has 0 atom stereocenters. The monoisotopic (exact) mass is 196 g/mol. The summed E-state index contributed by atoms with van der Waals surface area (Å²) < 4.78 is 0. The van der Waals surface area contributed by atoms with Crippen LogP contribution in [0.15, 0.2) is 0 Å². The van der Waals surface area contributed by atoms with E-state index in [0.717, 1.165) is 12.6 Å². The normalized spacial score (nSPS) is 27.6. The molecule has 0 aromatic rings. The van der Waals surface area contributed by atoms with E-state index < -0.39 is 0 Å². The second kappa shape index (κ2) is 4.19. The van der Waals surface area contributed by atoms with Crippen LogP contribution in [0, 0.1) is 0 Å². The molecule has 2 aliphatic carbocycles. The van der Waals surface area contributed by atoms with Gasteiger partial charge in [-0.15, -0.1) is 0 Å². The number of hydrogen-bond acceptors (Lipinski definition) is 2. The highest BCUT2D eigenvalue weighted by Crippen LogP contribution is 2.30. The van der Waals surface area contributed by atoms with E-state index in [-0.39, 0.29) is 5.54 Å². The summed E-state index contributed by atoms with van der Waals surface area (Å²) in [5, 5.41) is 0. The molecule has 2 rings (SSSR count). The second-order valence-corrected chi connectivity index (χ2v) is 5.42. The van der Waals surface area contributed by atoms with E-state index >= 15 is 0 Å². The molecular formula is C12H24N2. The average molecular weight is 196 g/mol. The van der Waals surface area contributed by atoms with Crippen LogP contribution in [0.5, 0.6) is 0 Å². The first kappa shape index (κ1) is 10.4. The molecule has 0 spiro atoms. The Morgan fingerprint density at radius 1 is 1.14 bits per heavy atom. The maximum atomic E-state index is 6.39. The quantitative estimate of drug-likeness (QED) is 0.749. The molecule has 2 aliphatic rings.